The summed E-state index contributed by atoms with van der Waals surface area (Å²) >= 11 is 1.88. The number of nitrogens with one attached hydrogen (secondary N) is 1. The van der Waals surface area contributed by atoms with Crippen LogP contribution in [0.1, 0.15) is 22.4 Å². The highest BCUT2D eigenvalue weighted by atomic mass is 32.1. The van der Waals surface area contributed by atoms with Crippen molar-refractivity contribution >= 4 is 11.3 Å². The summed E-state index contributed by atoms with van der Waals surface area (Å²) in [4.78, 5) is 6.95. The first kappa shape index (κ1) is 12.3. The SMILES string of the molecule is Cc1ccc(CC(C)NCc2cncn2C)s1. The van der Waals surface area contributed by atoms with E-state index in [1.807, 2.05) is 30.9 Å². The van der Waals surface area contributed by atoms with Crippen LogP contribution in [0.4, 0.5) is 0 Å². The van der Waals surface area contributed by atoms with Crippen molar-refractivity contribution in [3.05, 3.63) is 40.1 Å². The topological polar surface area (TPSA) is 29.9 Å². The Balaban J connectivity index is 1.82. The molecule has 2 aromatic rings. The molecule has 1 atom stereocenters. The molecule has 0 spiro atoms. The number of rotatable bonds is 5. The fourth-order valence-corrected chi connectivity index (χ4v) is 2.82. The molecular weight excluding hydrogens is 230 g/mol. The third-order valence-electron chi connectivity index (χ3n) is 2.85. The van der Waals surface area contributed by atoms with Crippen LogP contribution in [0.2, 0.25) is 0 Å². The standard InChI is InChI=1S/C13H19N3S/c1-10(6-13-5-4-11(2)17-13)15-8-12-7-14-9-16(12)3/h4-5,7,9-10,15H,6,8H2,1-3H3. The van der Waals surface area contributed by atoms with Crippen LogP contribution in [0.15, 0.2) is 24.7 Å². The molecule has 0 radical (unpaired) electrons. The maximum absolute atomic E-state index is 4.11. The van der Waals surface area contributed by atoms with E-state index in [-0.39, 0.29) is 0 Å². The van der Waals surface area contributed by atoms with Crippen LogP contribution in [0.3, 0.4) is 0 Å². The minimum Gasteiger partial charge on any atom is -0.337 e. The maximum Gasteiger partial charge on any atom is 0.0945 e. The van der Waals surface area contributed by atoms with Gasteiger partial charge in [0.25, 0.3) is 0 Å². The molecule has 0 aliphatic carbocycles. The Morgan fingerprint density at radius 3 is 2.88 bits per heavy atom. The van der Waals surface area contributed by atoms with Gasteiger partial charge in [-0.2, -0.15) is 0 Å². The monoisotopic (exact) mass is 249 g/mol. The first-order valence-corrected chi connectivity index (χ1v) is 6.70. The second kappa shape index (κ2) is 5.47. The zero-order valence-corrected chi connectivity index (χ0v) is 11.4. The lowest BCUT2D eigenvalue weighted by molar-refractivity contribution is 0.535. The van der Waals surface area contributed by atoms with Gasteiger partial charge in [-0.25, -0.2) is 4.98 Å². The number of hydrogen-bond donors (Lipinski definition) is 1. The zero-order valence-electron chi connectivity index (χ0n) is 10.6. The number of nitrogens with zero attached hydrogens (tertiary/aromatic N) is 2. The maximum atomic E-state index is 4.11. The smallest absolute Gasteiger partial charge is 0.0945 e. The molecule has 0 aliphatic rings. The predicted molar refractivity (Wildman–Crippen MR) is 72.3 cm³/mol. The molecule has 4 heteroatoms. The molecule has 1 unspecified atom stereocenters. The lowest BCUT2D eigenvalue weighted by atomic mass is 10.2. The van der Waals surface area contributed by atoms with Crippen molar-refractivity contribution in [3.63, 3.8) is 0 Å². The largest absolute Gasteiger partial charge is 0.337 e. The lowest BCUT2D eigenvalue weighted by Gasteiger charge is -2.12. The van der Waals surface area contributed by atoms with Crippen molar-refractivity contribution in [1.82, 2.24) is 14.9 Å². The van der Waals surface area contributed by atoms with Crippen molar-refractivity contribution in [2.45, 2.75) is 32.9 Å². The van der Waals surface area contributed by atoms with Crippen LogP contribution >= 0.6 is 11.3 Å². The normalized spacial score (nSPS) is 12.9. The van der Waals surface area contributed by atoms with Crippen molar-refractivity contribution in [2.24, 2.45) is 7.05 Å². The average Bonchev–Trinajstić information content (AvgIpc) is 2.85. The van der Waals surface area contributed by atoms with Gasteiger partial charge >= 0.3 is 0 Å². The first-order valence-electron chi connectivity index (χ1n) is 5.89. The number of thiophene rings is 1. The molecular formula is C13H19N3S. The summed E-state index contributed by atoms with van der Waals surface area (Å²) in [5.74, 6) is 0. The predicted octanol–water partition coefficient (Wildman–Crippen LogP) is 2.51. The molecule has 3 nitrogen and oxygen atoms in total. The van der Waals surface area contributed by atoms with Crippen LogP contribution < -0.4 is 5.32 Å². The van der Waals surface area contributed by atoms with Gasteiger partial charge in [-0.1, -0.05) is 0 Å². The van der Waals surface area contributed by atoms with Crippen molar-refractivity contribution in [2.75, 3.05) is 0 Å². The summed E-state index contributed by atoms with van der Waals surface area (Å²) in [5, 5.41) is 3.53. The molecule has 0 saturated carbocycles. The molecule has 0 bridgehead atoms. The molecule has 2 aromatic heterocycles. The molecule has 1 N–H and O–H groups in total. The van der Waals surface area contributed by atoms with Gasteiger partial charge in [-0.05, 0) is 32.4 Å². The first-order chi connectivity index (χ1) is 8.15. The summed E-state index contributed by atoms with van der Waals surface area (Å²) in [5.41, 5.74) is 1.22. The summed E-state index contributed by atoms with van der Waals surface area (Å²) in [6, 6.07) is 4.90. The van der Waals surface area contributed by atoms with E-state index >= 15 is 0 Å². The van der Waals surface area contributed by atoms with Gasteiger partial charge in [0.05, 0.1) is 12.0 Å². The number of aryl methyl sites for hydroxylation is 2. The quantitative estimate of drug-likeness (QED) is 0.882. The van der Waals surface area contributed by atoms with Gasteiger partial charge in [-0.3, -0.25) is 0 Å². The minimum atomic E-state index is 0.489. The van der Waals surface area contributed by atoms with E-state index in [9.17, 15) is 0 Å². The van der Waals surface area contributed by atoms with E-state index in [1.54, 1.807) is 0 Å². The molecule has 17 heavy (non-hydrogen) atoms. The van der Waals surface area contributed by atoms with Gasteiger partial charge < -0.3 is 9.88 Å². The fraction of sp³-hybridized carbons (Fsp3) is 0.462. The van der Waals surface area contributed by atoms with Crippen molar-refractivity contribution in [1.29, 1.82) is 0 Å². The molecule has 2 heterocycles. The van der Waals surface area contributed by atoms with E-state index in [2.05, 4.69) is 40.8 Å². The van der Waals surface area contributed by atoms with Gasteiger partial charge in [-0.15, -0.1) is 11.3 Å². The third kappa shape index (κ3) is 3.41. The fourth-order valence-electron chi connectivity index (χ4n) is 1.80. The van der Waals surface area contributed by atoms with Crippen LogP contribution in [-0.4, -0.2) is 15.6 Å². The van der Waals surface area contributed by atoms with E-state index in [4.69, 9.17) is 0 Å². The molecule has 92 valence electrons. The number of imidazole rings is 1. The van der Waals surface area contributed by atoms with E-state index in [1.165, 1.54) is 15.4 Å². The second-order valence-electron chi connectivity index (χ2n) is 4.49. The Kier molecular flexibility index (Phi) is 3.97. The Labute approximate surface area is 107 Å². The Hall–Kier alpha value is -1.13. The molecule has 0 fully saturated rings. The summed E-state index contributed by atoms with van der Waals surface area (Å²) in [7, 11) is 2.03. The second-order valence-corrected chi connectivity index (χ2v) is 5.87. The average molecular weight is 249 g/mol. The molecule has 0 aliphatic heterocycles. The van der Waals surface area contributed by atoms with E-state index < -0.39 is 0 Å². The van der Waals surface area contributed by atoms with Gasteiger partial charge in [0.1, 0.15) is 0 Å². The number of aromatic nitrogens is 2. The van der Waals surface area contributed by atoms with E-state index in [0.29, 0.717) is 6.04 Å². The van der Waals surface area contributed by atoms with Crippen LogP contribution in [0.25, 0.3) is 0 Å². The van der Waals surface area contributed by atoms with Crippen molar-refractivity contribution in [3.8, 4) is 0 Å². The summed E-state index contributed by atoms with van der Waals surface area (Å²) in [6.07, 6.45) is 4.84. The number of hydrogen-bond acceptors (Lipinski definition) is 3. The van der Waals surface area contributed by atoms with Crippen LogP contribution in [-0.2, 0) is 20.0 Å². The highest BCUT2D eigenvalue weighted by molar-refractivity contribution is 7.11. The van der Waals surface area contributed by atoms with Crippen molar-refractivity contribution < 1.29 is 0 Å². The highest BCUT2D eigenvalue weighted by Gasteiger charge is 2.06. The molecule has 0 amide bonds. The Morgan fingerprint density at radius 1 is 1.47 bits per heavy atom. The minimum absolute atomic E-state index is 0.489. The Bertz CT molecular complexity index is 472. The Morgan fingerprint density at radius 2 is 2.29 bits per heavy atom. The molecule has 0 aromatic carbocycles. The molecule has 0 saturated heterocycles. The highest BCUT2D eigenvalue weighted by Crippen LogP contribution is 2.16. The van der Waals surface area contributed by atoms with Gasteiger partial charge in [0.2, 0.25) is 0 Å². The summed E-state index contributed by atoms with van der Waals surface area (Å²) < 4.78 is 2.05. The molecule has 2 rings (SSSR count). The lowest BCUT2D eigenvalue weighted by Crippen LogP contribution is -2.28. The zero-order chi connectivity index (χ0) is 12.3. The third-order valence-corrected chi connectivity index (χ3v) is 3.87. The van der Waals surface area contributed by atoms with E-state index in [0.717, 1.165) is 13.0 Å². The summed E-state index contributed by atoms with van der Waals surface area (Å²) in [6.45, 7) is 5.26. The van der Waals surface area contributed by atoms with Crippen LogP contribution in [0, 0.1) is 6.92 Å². The van der Waals surface area contributed by atoms with Gasteiger partial charge in [0.15, 0.2) is 0 Å². The van der Waals surface area contributed by atoms with Crippen LogP contribution in [0.5, 0.6) is 0 Å². The van der Waals surface area contributed by atoms with Gasteiger partial charge in [0, 0.05) is 35.6 Å².